The fourth-order valence-corrected chi connectivity index (χ4v) is 1.73. The van der Waals surface area contributed by atoms with Crippen molar-refractivity contribution in [3.05, 3.63) is 28.3 Å². The van der Waals surface area contributed by atoms with E-state index >= 15 is 0 Å². The van der Waals surface area contributed by atoms with Gasteiger partial charge in [0.05, 0.1) is 10.6 Å². The molecule has 1 aromatic carbocycles. The van der Waals surface area contributed by atoms with Crippen molar-refractivity contribution < 1.29 is 17.9 Å². The van der Waals surface area contributed by atoms with Gasteiger partial charge in [-0.3, -0.25) is 14.7 Å². The van der Waals surface area contributed by atoms with E-state index in [2.05, 4.69) is 5.32 Å². The summed E-state index contributed by atoms with van der Waals surface area (Å²) in [5, 5.41) is 12.8. The third kappa shape index (κ3) is 2.42. The van der Waals surface area contributed by atoms with Crippen LogP contribution in [0.5, 0.6) is 0 Å². The number of non-ortho nitro benzene ring substituents is 1. The molecular weight excluding hydrogens is 224 g/mol. The monoisotopic (exact) mass is 232 g/mol. The number of anilines is 1. The van der Waals surface area contributed by atoms with Crippen LogP contribution in [0.25, 0.3) is 0 Å². The summed E-state index contributed by atoms with van der Waals surface area (Å²) in [5.41, 5.74) is -0.279. The van der Waals surface area contributed by atoms with Gasteiger partial charge in [0.15, 0.2) is 0 Å². The average Bonchev–Trinajstić information content (AvgIpc) is 2.15. The van der Waals surface area contributed by atoms with Gasteiger partial charge in [0.1, 0.15) is 4.90 Å². The van der Waals surface area contributed by atoms with Crippen molar-refractivity contribution in [1.82, 2.24) is 0 Å². The Labute approximate surface area is 85.6 Å². The molecule has 0 saturated heterocycles. The first-order valence-electron chi connectivity index (χ1n) is 3.80. The molecule has 7 nitrogen and oxygen atoms in total. The Hall–Kier alpha value is -1.67. The van der Waals surface area contributed by atoms with Gasteiger partial charge in [-0.15, -0.1) is 0 Å². The molecule has 0 aliphatic rings. The molecule has 0 unspecified atom stereocenters. The Morgan fingerprint density at radius 1 is 1.47 bits per heavy atom. The maximum absolute atomic E-state index is 10.8. The first kappa shape index (κ1) is 11.4. The summed E-state index contributed by atoms with van der Waals surface area (Å²) in [5.74, 6) is 0. The van der Waals surface area contributed by atoms with E-state index in [4.69, 9.17) is 4.55 Å². The maximum atomic E-state index is 10.8. The smallest absolute Gasteiger partial charge is 0.296 e. The van der Waals surface area contributed by atoms with Crippen molar-refractivity contribution in [1.29, 1.82) is 0 Å². The van der Waals surface area contributed by atoms with Crippen LogP contribution in [-0.4, -0.2) is 24.9 Å². The Kier molecular flexibility index (Phi) is 2.91. The zero-order valence-electron chi connectivity index (χ0n) is 7.67. The summed E-state index contributed by atoms with van der Waals surface area (Å²) in [7, 11) is -2.98. The second-order valence-electron chi connectivity index (χ2n) is 2.66. The molecule has 82 valence electrons. The third-order valence-corrected chi connectivity index (χ3v) is 2.63. The number of rotatable bonds is 3. The van der Waals surface area contributed by atoms with E-state index in [1.165, 1.54) is 7.05 Å². The molecule has 0 radical (unpaired) electrons. The van der Waals surface area contributed by atoms with Crippen LogP contribution in [0.4, 0.5) is 11.4 Å². The number of nitro groups is 1. The molecule has 1 aromatic rings. The Bertz CT molecular complexity index is 496. The van der Waals surface area contributed by atoms with E-state index in [0.29, 0.717) is 0 Å². The highest BCUT2D eigenvalue weighted by Gasteiger charge is 2.18. The molecule has 15 heavy (non-hydrogen) atoms. The minimum Gasteiger partial charge on any atom is -0.387 e. The van der Waals surface area contributed by atoms with Gasteiger partial charge in [0.25, 0.3) is 15.8 Å². The molecule has 0 amide bonds. The largest absolute Gasteiger partial charge is 0.387 e. The predicted molar refractivity (Wildman–Crippen MR) is 52.5 cm³/mol. The summed E-state index contributed by atoms with van der Waals surface area (Å²) in [6.45, 7) is 0. The van der Waals surface area contributed by atoms with Gasteiger partial charge in [0, 0.05) is 19.2 Å². The fourth-order valence-electron chi connectivity index (χ4n) is 1.05. The van der Waals surface area contributed by atoms with Crippen LogP contribution in [0.15, 0.2) is 23.1 Å². The molecule has 0 atom stereocenters. The highest BCUT2D eigenvalue weighted by Crippen LogP contribution is 2.25. The summed E-state index contributed by atoms with van der Waals surface area (Å²) in [6.07, 6.45) is 0. The number of nitrogens with one attached hydrogen (secondary N) is 1. The Morgan fingerprint density at radius 3 is 2.47 bits per heavy atom. The quantitative estimate of drug-likeness (QED) is 0.455. The molecule has 0 aliphatic carbocycles. The van der Waals surface area contributed by atoms with Gasteiger partial charge in [-0.25, -0.2) is 0 Å². The van der Waals surface area contributed by atoms with Crippen molar-refractivity contribution >= 4 is 21.5 Å². The zero-order valence-corrected chi connectivity index (χ0v) is 8.48. The summed E-state index contributed by atoms with van der Waals surface area (Å²) in [4.78, 5) is 9.34. The third-order valence-electron chi connectivity index (χ3n) is 1.72. The molecular formula is C7H8N2O5S. The molecule has 8 heteroatoms. The molecule has 0 aromatic heterocycles. The summed E-state index contributed by atoms with van der Waals surface area (Å²) >= 11 is 0. The maximum Gasteiger partial charge on any atom is 0.296 e. The fraction of sp³-hybridized carbons (Fsp3) is 0.143. The molecule has 2 N–H and O–H groups in total. The SMILES string of the molecule is CNc1cc([N+](=O)[O-])ccc1S(=O)(=O)O. The lowest BCUT2D eigenvalue weighted by Crippen LogP contribution is -2.04. The number of nitro benzene ring substituents is 1. The van der Waals surface area contributed by atoms with Crippen molar-refractivity contribution in [2.24, 2.45) is 0 Å². The predicted octanol–water partition coefficient (Wildman–Crippen LogP) is 0.883. The van der Waals surface area contributed by atoms with Crippen molar-refractivity contribution in [3.63, 3.8) is 0 Å². The van der Waals surface area contributed by atoms with E-state index < -0.39 is 19.9 Å². The topological polar surface area (TPSA) is 110 Å². The van der Waals surface area contributed by atoms with Gasteiger partial charge in [-0.05, 0) is 6.07 Å². The van der Waals surface area contributed by atoms with Crippen LogP contribution in [-0.2, 0) is 10.1 Å². The van der Waals surface area contributed by atoms with Crippen LogP contribution < -0.4 is 5.32 Å². The second-order valence-corrected chi connectivity index (χ2v) is 4.05. The molecule has 1 rings (SSSR count). The summed E-state index contributed by atoms with van der Waals surface area (Å²) < 4.78 is 30.5. The van der Waals surface area contributed by atoms with Gasteiger partial charge in [-0.2, -0.15) is 8.42 Å². The van der Waals surface area contributed by atoms with Gasteiger partial charge < -0.3 is 5.32 Å². The van der Waals surface area contributed by atoms with Gasteiger partial charge >= 0.3 is 0 Å². The first-order valence-corrected chi connectivity index (χ1v) is 5.24. The van der Waals surface area contributed by atoms with Crippen molar-refractivity contribution in [3.8, 4) is 0 Å². The van der Waals surface area contributed by atoms with Crippen LogP contribution >= 0.6 is 0 Å². The standard InChI is InChI=1S/C7H8N2O5S/c1-8-6-4-5(9(10)11)2-3-7(6)15(12,13)14/h2-4,8H,1H3,(H,12,13,14). The molecule has 0 aliphatic heterocycles. The van der Waals surface area contributed by atoms with Gasteiger partial charge in [0.2, 0.25) is 0 Å². The van der Waals surface area contributed by atoms with Crippen molar-refractivity contribution in [2.45, 2.75) is 4.90 Å². The van der Waals surface area contributed by atoms with E-state index in [-0.39, 0.29) is 11.4 Å². The zero-order chi connectivity index (χ0) is 11.6. The molecule has 0 spiro atoms. The van der Waals surface area contributed by atoms with Crippen LogP contribution in [0.2, 0.25) is 0 Å². The summed E-state index contributed by atoms with van der Waals surface area (Å²) in [6, 6.07) is 3.01. The van der Waals surface area contributed by atoms with E-state index in [0.717, 1.165) is 18.2 Å². The number of nitrogens with zero attached hydrogens (tertiary/aromatic N) is 1. The van der Waals surface area contributed by atoms with Gasteiger partial charge in [-0.1, -0.05) is 0 Å². The molecule has 0 bridgehead atoms. The van der Waals surface area contributed by atoms with Crippen LogP contribution in [0, 0.1) is 10.1 Å². The Balaban J connectivity index is 3.40. The lowest BCUT2D eigenvalue weighted by molar-refractivity contribution is -0.384. The molecule has 0 heterocycles. The van der Waals surface area contributed by atoms with Crippen LogP contribution in [0.3, 0.4) is 0 Å². The van der Waals surface area contributed by atoms with E-state index in [1.807, 2.05) is 0 Å². The number of hydrogen-bond donors (Lipinski definition) is 2. The lowest BCUT2D eigenvalue weighted by atomic mass is 10.3. The highest BCUT2D eigenvalue weighted by atomic mass is 32.2. The lowest BCUT2D eigenvalue weighted by Gasteiger charge is -2.05. The average molecular weight is 232 g/mol. The number of hydrogen-bond acceptors (Lipinski definition) is 5. The normalized spacial score (nSPS) is 11.1. The van der Waals surface area contributed by atoms with E-state index in [9.17, 15) is 18.5 Å². The van der Waals surface area contributed by atoms with Crippen molar-refractivity contribution in [2.75, 3.05) is 12.4 Å². The molecule has 0 saturated carbocycles. The van der Waals surface area contributed by atoms with Crippen LogP contribution in [0.1, 0.15) is 0 Å². The minimum absolute atomic E-state index is 0.0216. The molecule has 0 fully saturated rings. The second kappa shape index (κ2) is 3.83. The number of benzene rings is 1. The highest BCUT2D eigenvalue weighted by molar-refractivity contribution is 7.86. The van der Waals surface area contributed by atoms with E-state index in [1.54, 1.807) is 0 Å². The Morgan fingerprint density at radius 2 is 2.07 bits per heavy atom. The first-order chi connectivity index (χ1) is 6.86. The minimum atomic E-state index is -4.37.